The van der Waals surface area contributed by atoms with E-state index in [4.69, 9.17) is 9.47 Å². The van der Waals surface area contributed by atoms with E-state index in [2.05, 4.69) is 0 Å². The van der Waals surface area contributed by atoms with E-state index in [1.54, 1.807) is 0 Å². The van der Waals surface area contributed by atoms with Crippen LogP contribution in [-0.2, 0) is 4.74 Å². The van der Waals surface area contributed by atoms with Gasteiger partial charge in [-0.05, 0) is 37.0 Å². The third kappa shape index (κ3) is 3.86. The van der Waals surface area contributed by atoms with E-state index in [1.807, 2.05) is 0 Å². The molecule has 1 aromatic rings. The quantitative estimate of drug-likeness (QED) is 0.622. The van der Waals surface area contributed by atoms with E-state index < -0.39 is 18.3 Å². The molecule has 0 aromatic heterocycles. The fourth-order valence-electron chi connectivity index (χ4n) is 2.03. The van der Waals surface area contributed by atoms with E-state index in [0.29, 0.717) is 19.3 Å². The maximum atomic E-state index is 12.9. The van der Waals surface area contributed by atoms with Crippen LogP contribution in [0.15, 0.2) is 18.2 Å². The zero-order valence-corrected chi connectivity index (χ0v) is 10.3. The molecule has 0 N–H and O–H groups in total. The van der Waals surface area contributed by atoms with E-state index in [-0.39, 0.29) is 18.3 Å². The second-order valence-corrected chi connectivity index (χ2v) is 4.62. The molecule has 7 heteroatoms. The van der Waals surface area contributed by atoms with Crippen molar-refractivity contribution in [3.63, 3.8) is 0 Å². The second-order valence-electron chi connectivity index (χ2n) is 4.62. The Kier molecular flexibility index (Phi) is 4.34. The maximum Gasteiger partial charge on any atom is 0.513 e. The molecule has 1 aromatic carbocycles. The van der Waals surface area contributed by atoms with E-state index in [0.717, 1.165) is 25.0 Å². The number of ether oxygens (including phenoxy) is 2. The van der Waals surface area contributed by atoms with Gasteiger partial charge in [-0.25, -0.2) is 4.39 Å². The topological polar surface area (TPSA) is 18.5 Å². The van der Waals surface area contributed by atoms with E-state index in [1.165, 1.54) is 0 Å². The van der Waals surface area contributed by atoms with E-state index in [9.17, 15) is 17.3 Å². The van der Waals surface area contributed by atoms with Crippen molar-refractivity contribution < 1.29 is 26.8 Å². The Morgan fingerprint density at radius 2 is 1.89 bits per heavy atom. The maximum absolute atomic E-state index is 12.9. The lowest BCUT2D eigenvalue weighted by atomic mass is 9.79. The lowest BCUT2D eigenvalue weighted by Gasteiger charge is -2.24. The molecular weight excluding hydrogens is 263 g/mol. The molecule has 0 amide bonds. The van der Waals surface area contributed by atoms with Crippen molar-refractivity contribution in [3.8, 4) is 5.75 Å². The van der Waals surface area contributed by atoms with Gasteiger partial charge in [0.2, 0.25) is 0 Å². The van der Waals surface area contributed by atoms with Crippen molar-refractivity contribution in [1.29, 1.82) is 0 Å². The van der Waals surface area contributed by atoms with Crippen LogP contribution in [0.4, 0.5) is 17.3 Å². The fraction of sp³-hybridized carbons (Fsp3) is 0.500. The molecule has 0 aliphatic carbocycles. The summed E-state index contributed by atoms with van der Waals surface area (Å²) >= 11 is 0. The van der Waals surface area contributed by atoms with Gasteiger partial charge in [0.05, 0.1) is 12.4 Å². The summed E-state index contributed by atoms with van der Waals surface area (Å²) in [6.07, 6.45) is 1.54. The summed E-state index contributed by atoms with van der Waals surface area (Å²) < 4.78 is 61.7. The van der Waals surface area contributed by atoms with Crippen LogP contribution in [0.5, 0.6) is 5.75 Å². The molecule has 0 unspecified atom stereocenters. The summed E-state index contributed by atoms with van der Waals surface area (Å²) in [4.78, 5) is 0. The third-order valence-corrected chi connectivity index (χ3v) is 3.14. The van der Waals surface area contributed by atoms with Gasteiger partial charge in [-0.15, -0.1) is 0 Å². The first kappa shape index (κ1) is 14.2. The lowest BCUT2D eigenvalue weighted by Crippen LogP contribution is -2.36. The van der Waals surface area contributed by atoms with Gasteiger partial charge in [0, 0.05) is 13.2 Å². The minimum absolute atomic E-state index is 0.187. The van der Waals surface area contributed by atoms with Crippen molar-refractivity contribution in [1.82, 2.24) is 0 Å². The zero-order valence-electron chi connectivity index (χ0n) is 10.3. The van der Waals surface area contributed by atoms with Gasteiger partial charge < -0.3 is 22.4 Å². The highest BCUT2D eigenvalue weighted by Gasteiger charge is 2.30. The molecule has 1 aliphatic rings. The Morgan fingerprint density at radius 1 is 1.21 bits per heavy atom. The lowest BCUT2D eigenvalue weighted by molar-refractivity contribution is 0.0498. The molecule has 2 rings (SSSR count). The van der Waals surface area contributed by atoms with Crippen molar-refractivity contribution in [2.75, 3.05) is 19.8 Å². The van der Waals surface area contributed by atoms with Crippen molar-refractivity contribution >= 4 is 12.4 Å². The predicted octanol–water partition coefficient (Wildman–Crippen LogP) is 2.69. The van der Waals surface area contributed by atoms with Gasteiger partial charge in [0.1, 0.15) is 5.82 Å². The first-order valence-corrected chi connectivity index (χ1v) is 6.17. The fourth-order valence-corrected chi connectivity index (χ4v) is 2.03. The predicted molar refractivity (Wildman–Crippen MR) is 64.2 cm³/mol. The SMILES string of the molecule is Fc1ccc(OCC2CCOCC2)c([B-](F)(F)F)c1. The van der Waals surface area contributed by atoms with Crippen LogP contribution in [0, 0.1) is 11.7 Å². The van der Waals surface area contributed by atoms with Crippen molar-refractivity contribution in [3.05, 3.63) is 24.0 Å². The zero-order chi connectivity index (χ0) is 13.9. The normalized spacial score (nSPS) is 17.5. The van der Waals surface area contributed by atoms with Crippen LogP contribution >= 0.6 is 0 Å². The number of rotatable bonds is 4. The third-order valence-electron chi connectivity index (χ3n) is 3.14. The first-order chi connectivity index (χ1) is 8.97. The molecule has 0 radical (unpaired) electrons. The highest BCUT2D eigenvalue weighted by atomic mass is 19.4. The molecule has 0 bridgehead atoms. The average Bonchev–Trinajstić information content (AvgIpc) is 2.37. The van der Waals surface area contributed by atoms with Gasteiger partial charge in [-0.3, -0.25) is 0 Å². The van der Waals surface area contributed by atoms with E-state index >= 15 is 0 Å². The molecule has 1 aliphatic heterocycles. The molecule has 1 fully saturated rings. The number of hydrogen-bond donors (Lipinski definition) is 0. The monoisotopic (exact) mass is 277 g/mol. The number of halogens is 4. The first-order valence-electron chi connectivity index (χ1n) is 6.17. The summed E-state index contributed by atoms with van der Waals surface area (Å²) in [6, 6.07) is 2.50. The average molecular weight is 277 g/mol. The Hall–Kier alpha value is -1.24. The van der Waals surface area contributed by atoms with Crippen molar-refractivity contribution in [2.45, 2.75) is 12.8 Å². The molecule has 1 saturated heterocycles. The Bertz CT molecular complexity index is 430. The summed E-state index contributed by atoms with van der Waals surface area (Å²) in [7, 11) is 0. The van der Waals surface area contributed by atoms with Crippen LogP contribution in [0.3, 0.4) is 0 Å². The smallest absolute Gasteiger partial charge is 0.496 e. The van der Waals surface area contributed by atoms with Gasteiger partial charge >= 0.3 is 6.98 Å². The summed E-state index contributed by atoms with van der Waals surface area (Å²) in [5.74, 6) is -1.01. The van der Waals surface area contributed by atoms with Gasteiger partial charge in [-0.2, -0.15) is 0 Å². The summed E-state index contributed by atoms with van der Waals surface area (Å²) in [5.41, 5.74) is -1.01. The molecule has 0 spiro atoms. The minimum Gasteiger partial charge on any atom is -0.496 e. The molecule has 106 valence electrons. The van der Waals surface area contributed by atoms with Crippen molar-refractivity contribution in [2.24, 2.45) is 5.92 Å². The van der Waals surface area contributed by atoms with Crippen LogP contribution < -0.4 is 10.2 Å². The second kappa shape index (κ2) is 5.82. The Balaban J connectivity index is 2.06. The molecule has 19 heavy (non-hydrogen) atoms. The van der Waals surface area contributed by atoms with Crippen LogP contribution in [-0.4, -0.2) is 26.8 Å². The molecule has 0 atom stereocenters. The van der Waals surface area contributed by atoms with Crippen LogP contribution in [0.25, 0.3) is 0 Å². The minimum atomic E-state index is -5.28. The summed E-state index contributed by atoms with van der Waals surface area (Å²) in [6.45, 7) is -3.87. The molecule has 1 heterocycles. The number of benzene rings is 1. The Morgan fingerprint density at radius 3 is 2.53 bits per heavy atom. The van der Waals surface area contributed by atoms with Crippen LogP contribution in [0.2, 0.25) is 0 Å². The molecule has 0 saturated carbocycles. The molecular formula is C12H14BF4O2-. The standard InChI is InChI=1S/C12H14BF4O2/c14-10-1-2-12(11(7-10)13(15,16)17)19-8-9-3-5-18-6-4-9/h1-2,7,9H,3-6,8H2/q-1. The number of hydrogen-bond acceptors (Lipinski definition) is 2. The Labute approximate surface area is 108 Å². The highest BCUT2D eigenvalue weighted by Crippen LogP contribution is 2.21. The summed E-state index contributed by atoms with van der Waals surface area (Å²) in [5, 5.41) is 0. The van der Waals surface area contributed by atoms with Crippen LogP contribution in [0.1, 0.15) is 12.8 Å². The molecule has 2 nitrogen and oxygen atoms in total. The highest BCUT2D eigenvalue weighted by molar-refractivity contribution is 6.74. The van der Waals surface area contributed by atoms with Gasteiger partial charge in [-0.1, -0.05) is 5.46 Å². The largest absolute Gasteiger partial charge is 0.513 e. The van der Waals surface area contributed by atoms with Gasteiger partial charge in [0.15, 0.2) is 0 Å². The van der Waals surface area contributed by atoms with Gasteiger partial charge in [0.25, 0.3) is 0 Å².